The van der Waals surface area contributed by atoms with Crippen LogP contribution in [-0.2, 0) is 9.53 Å². The normalized spacial score (nSPS) is 21.3. The molecule has 1 fully saturated rings. The van der Waals surface area contributed by atoms with Crippen LogP contribution in [0.15, 0.2) is 36.0 Å². The molecular formula is C31H40N6O2. The van der Waals surface area contributed by atoms with Gasteiger partial charge >= 0.3 is 5.97 Å². The lowest BCUT2D eigenvalue weighted by atomic mass is 9.85. The fourth-order valence-electron chi connectivity index (χ4n) is 6.33. The Morgan fingerprint density at radius 2 is 1.87 bits per heavy atom. The number of carbonyl (C=O) groups is 1. The first-order valence-electron chi connectivity index (χ1n) is 14.5. The molecule has 1 saturated heterocycles. The molecule has 206 valence electrons. The van der Waals surface area contributed by atoms with E-state index in [1.54, 1.807) is 0 Å². The van der Waals surface area contributed by atoms with Gasteiger partial charge in [0.2, 0.25) is 11.9 Å². The Kier molecular flexibility index (Phi) is 6.60. The minimum absolute atomic E-state index is 0.146. The molecule has 39 heavy (non-hydrogen) atoms. The van der Waals surface area contributed by atoms with Gasteiger partial charge < -0.3 is 15.0 Å². The summed E-state index contributed by atoms with van der Waals surface area (Å²) in [5, 5.41) is 8.45. The number of fused-ring (bicyclic) bond motifs is 3. The van der Waals surface area contributed by atoms with Gasteiger partial charge in [0.1, 0.15) is 11.5 Å². The van der Waals surface area contributed by atoms with E-state index in [2.05, 4.69) is 42.3 Å². The van der Waals surface area contributed by atoms with Crippen molar-refractivity contribution >= 4 is 29.1 Å². The van der Waals surface area contributed by atoms with E-state index in [1.807, 2.05) is 37.5 Å². The van der Waals surface area contributed by atoms with Crippen LogP contribution in [0.4, 0.5) is 11.9 Å². The van der Waals surface area contributed by atoms with Gasteiger partial charge in [-0.15, -0.1) is 0 Å². The number of hydrogen-bond acceptors (Lipinski definition) is 7. The zero-order valence-corrected chi connectivity index (χ0v) is 23.8. The maximum Gasteiger partial charge on any atom is 0.318 e. The summed E-state index contributed by atoms with van der Waals surface area (Å²) in [6.45, 7) is 12.1. The van der Waals surface area contributed by atoms with E-state index in [-0.39, 0.29) is 17.9 Å². The van der Waals surface area contributed by atoms with Crippen LogP contribution in [0.25, 0.3) is 11.2 Å². The average Bonchev–Trinajstić information content (AvgIpc) is 3.48. The van der Waals surface area contributed by atoms with Crippen molar-refractivity contribution in [3.8, 4) is 0 Å². The van der Waals surface area contributed by atoms with E-state index in [0.717, 1.165) is 61.0 Å². The van der Waals surface area contributed by atoms with Gasteiger partial charge in [0.05, 0.1) is 6.20 Å². The zero-order chi connectivity index (χ0) is 27.3. The standard InChI is InChI=1S/C31H40N6O2/c1-19(2)25-18-32-37-27(25)34-29(36-15-9-6-10-16-36)35-30(37)33-20-13-14-23-24(17-20)21-11-7-8-12-22(21)26(23)28(38)39-31(3,4)5/h7-8,11-12,18-20,26H,6,9-10,13-17H2,1-5H3,(H,33,34,35)/t20-,26?/m1/s1. The monoisotopic (exact) mass is 528 g/mol. The van der Waals surface area contributed by atoms with Crippen LogP contribution < -0.4 is 10.2 Å². The second-order valence-electron chi connectivity index (χ2n) is 12.5. The third kappa shape index (κ3) is 4.90. The van der Waals surface area contributed by atoms with Gasteiger partial charge in [0.25, 0.3) is 0 Å². The van der Waals surface area contributed by atoms with Crippen molar-refractivity contribution in [2.24, 2.45) is 0 Å². The molecule has 3 aliphatic rings. The Morgan fingerprint density at radius 1 is 1.10 bits per heavy atom. The summed E-state index contributed by atoms with van der Waals surface area (Å²) in [7, 11) is 0. The van der Waals surface area contributed by atoms with Crippen LogP contribution in [0.5, 0.6) is 0 Å². The Hall–Kier alpha value is -3.42. The van der Waals surface area contributed by atoms with Gasteiger partial charge in [-0.3, -0.25) is 4.79 Å². The number of carbonyl (C=O) groups excluding carboxylic acids is 1. The number of esters is 1. The fourth-order valence-corrected chi connectivity index (χ4v) is 6.33. The molecule has 2 atom stereocenters. The molecule has 0 bridgehead atoms. The van der Waals surface area contributed by atoms with Crippen LogP contribution in [0.2, 0.25) is 0 Å². The van der Waals surface area contributed by atoms with E-state index in [0.29, 0.717) is 5.92 Å². The van der Waals surface area contributed by atoms with Gasteiger partial charge in [-0.2, -0.15) is 19.6 Å². The second kappa shape index (κ2) is 9.96. The van der Waals surface area contributed by atoms with Gasteiger partial charge in [-0.05, 0) is 87.5 Å². The molecule has 1 aliphatic heterocycles. The topological polar surface area (TPSA) is 84.6 Å². The predicted octanol–water partition coefficient (Wildman–Crippen LogP) is 6.10. The summed E-state index contributed by atoms with van der Waals surface area (Å²) in [4.78, 5) is 25.7. The summed E-state index contributed by atoms with van der Waals surface area (Å²) >= 11 is 0. The number of benzene rings is 1. The fraction of sp³-hybridized carbons (Fsp3) is 0.548. The quantitative estimate of drug-likeness (QED) is 0.401. The van der Waals surface area contributed by atoms with E-state index in [4.69, 9.17) is 19.8 Å². The predicted molar refractivity (Wildman–Crippen MR) is 154 cm³/mol. The molecule has 1 unspecified atom stereocenters. The van der Waals surface area contributed by atoms with Crippen molar-refractivity contribution in [3.63, 3.8) is 0 Å². The smallest absolute Gasteiger partial charge is 0.318 e. The lowest BCUT2D eigenvalue weighted by Gasteiger charge is -2.29. The maximum atomic E-state index is 13.3. The van der Waals surface area contributed by atoms with Crippen LogP contribution in [-0.4, -0.2) is 50.3 Å². The maximum absolute atomic E-state index is 13.3. The molecule has 3 aromatic rings. The van der Waals surface area contributed by atoms with Crippen LogP contribution >= 0.6 is 0 Å². The average molecular weight is 529 g/mol. The highest BCUT2D eigenvalue weighted by Crippen LogP contribution is 2.49. The van der Waals surface area contributed by atoms with E-state index in [1.165, 1.54) is 36.0 Å². The minimum Gasteiger partial charge on any atom is -0.459 e. The van der Waals surface area contributed by atoms with Crippen molar-refractivity contribution in [1.82, 2.24) is 19.6 Å². The number of anilines is 2. The molecule has 8 heteroatoms. The molecule has 1 N–H and O–H groups in total. The Morgan fingerprint density at radius 3 is 2.62 bits per heavy atom. The van der Waals surface area contributed by atoms with Crippen LogP contribution in [0.1, 0.15) is 102 Å². The SMILES string of the molecule is CC(C)c1cnn2c(N[C@@H]3CCC4=C(C3)c3ccccc3C4C(=O)OC(C)(C)C)nc(N3CCCCC3)nc12. The largest absolute Gasteiger partial charge is 0.459 e. The highest BCUT2D eigenvalue weighted by atomic mass is 16.6. The molecule has 0 radical (unpaired) electrons. The van der Waals surface area contributed by atoms with Crippen LogP contribution in [0, 0.1) is 0 Å². The number of aromatic nitrogens is 4. The van der Waals surface area contributed by atoms with Gasteiger partial charge in [-0.1, -0.05) is 38.1 Å². The van der Waals surface area contributed by atoms with E-state index < -0.39 is 5.60 Å². The molecule has 2 aliphatic carbocycles. The van der Waals surface area contributed by atoms with E-state index in [9.17, 15) is 4.79 Å². The minimum atomic E-state index is -0.517. The number of hydrogen-bond donors (Lipinski definition) is 1. The summed E-state index contributed by atoms with van der Waals surface area (Å²) < 4.78 is 7.74. The van der Waals surface area contributed by atoms with Crippen molar-refractivity contribution < 1.29 is 9.53 Å². The highest BCUT2D eigenvalue weighted by molar-refractivity contribution is 5.93. The number of ether oxygens (including phenoxy) is 1. The highest BCUT2D eigenvalue weighted by Gasteiger charge is 2.41. The molecule has 8 nitrogen and oxygen atoms in total. The summed E-state index contributed by atoms with van der Waals surface area (Å²) in [6, 6.07) is 8.49. The Labute approximate surface area is 230 Å². The van der Waals surface area contributed by atoms with Gasteiger partial charge in [0, 0.05) is 24.7 Å². The number of rotatable bonds is 5. The lowest BCUT2D eigenvalue weighted by molar-refractivity contribution is -0.155. The molecule has 1 aromatic carbocycles. The first-order valence-corrected chi connectivity index (χ1v) is 14.5. The number of piperidine rings is 1. The van der Waals surface area contributed by atoms with Crippen molar-refractivity contribution in [1.29, 1.82) is 0 Å². The van der Waals surface area contributed by atoms with E-state index >= 15 is 0 Å². The molecule has 0 saturated carbocycles. The Bertz CT molecular complexity index is 1430. The molecule has 0 amide bonds. The number of nitrogens with one attached hydrogen (secondary N) is 1. The van der Waals surface area contributed by atoms with Gasteiger partial charge in [-0.25, -0.2) is 0 Å². The first kappa shape index (κ1) is 25.8. The lowest BCUT2D eigenvalue weighted by Crippen LogP contribution is -2.32. The molecule has 2 aromatic heterocycles. The third-order valence-corrected chi connectivity index (χ3v) is 8.17. The number of nitrogens with zero attached hydrogens (tertiary/aromatic N) is 5. The van der Waals surface area contributed by atoms with Crippen molar-refractivity contribution in [2.45, 2.75) is 96.6 Å². The molecule has 3 heterocycles. The third-order valence-electron chi connectivity index (χ3n) is 8.17. The first-order chi connectivity index (χ1) is 18.7. The van der Waals surface area contributed by atoms with Crippen LogP contribution in [0.3, 0.4) is 0 Å². The summed E-state index contributed by atoms with van der Waals surface area (Å²) in [5.41, 5.74) is 6.24. The van der Waals surface area contributed by atoms with Crippen molar-refractivity contribution in [3.05, 3.63) is 52.7 Å². The molecular weight excluding hydrogens is 488 g/mol. The Balaban J connectivity index is 1.32. The van der Waals surface area contributed by atoms with Crippen molar-refractivity contribution in [2.75, 3.05) is 23.3 Å². The second-order valence-corrected chi connectivity index (χ2v) is 12.5. The summed E-state index contributed by atoms with van der Waals surface area (Å²) in [5.74, 6) is 1.40. The zero-order valence-electron chi connectivity index (χ0n) is 23.8. The molecule has 6 rings (SSSR count). The van der Waals surface area contributed by atoms with Gasteiger partial charge in [0.15, 0.2) is 5.65 Å². The summed E-state index contributed by atoms with van der Waals surface area (Å²) in [6.07, 6.45) is 8.12. The molecule has 0 spiro atoms.